The number of likely N-dealkylation sites (N-methyl/N-ethyl adjacent to an activating group) is 2. The Labute approximate surface area is 189 Å². The third-order valence-electron chi connectivity index (χ3n) is 5.51. The van der Waals surface area contributed by atoms with E-state index in [4.69, 9.17) is 0 Å². The van der Waals surface area contributed by atoms with E-state index < -0.39 is 8.07 Å². The average molecular weight is 410 g/mol. The van der Waals surface area contributed by atoms with Gasteiger partial charge in [-0.1, -0.05) is 42.4 Å². The normalized spacial score (nSPS) is 11.3. The van der Waals surface area contributed by atoms with Gasteiger partial charge in [0.05, 0.1) is 0 Å². The van der Waals surface area contributed by atoms with Crippen molar-refractivity contribution in [3.8, 4) is 0 Å². The molecule has 0 bridgehead atoms. The summed E-state index contributed by atoms with van der Waals surface area (Å²) in [4.78, 5) is 4.36. The zero-order valence-electron chi connectivity index (χ0n) is 20.6. The molecule has 2 nitrogen and oxygen atoms in total. The van der Waals surface area contributed by atoms with Gasteiger partial charge in [0, 0.05) is 21.2 Å². The molecule has 6 heteroatoms. The fourth-order valence-corrected chi connectivity index (χ4v) is 9.58. The predicted molar refractivity (Wildman–Crippen MR) is 131 cm³/mol. The predicted octanol–water partition coefficient (Wildman–Crippen LogP) is 1.90. The maximum atomic E-state index is 2.47. The number of hydrogen-bond acceptors (Lipinski definition) is 2. The maximum absolute atomic E-state index is 2.47. The van der Waals surface area contributed by atoms with Gasteiger partial charge in [-0.15, -0.1) is 12.1 Å². The van der Waals surface area contributed by atoms with Crippen molar-refractivity contribution in [3.63, 3.8) is 0 Å². The summed E-state index contributed by atoms with van der Waals surface area (Å²) in [5, 5.41) is 5.01. The molecule has 0 unspecified atom stereocenters. The molecule has 0 saturated heterocycles. The Morgan fingerprint density at radius 3 is 1.61 bits per heavy atom. The number of rotatable bonds is 5. The molecule has 0 atom stereocenters. The van der Waals surface area contributed by atoms with Crippen LogP contribution in [-0.4, -0.2) is 65.2 Å². The van der Waals surface area contributed by atoms with Crippen LogP contribution >= 0.6 is 7.41 Å². The second-order valence-corrected chi connectivity index (χ2v) is 17.0. The minimum atomic E-state index is -1.24. The molecule has 2 heterocycles. The molecule has 2 aromatic heterocycles. The summed E-state index contributed by atoms with van der Waals surface area (Å²) < 4.78 is 0. The molecule has 0 radical (unpaired) electrons. The molecule has 0 N–H and O–H groups in total. The first-order valence-electron chi connectivity index (χ1n) is 10.0. The van der Waals surface area contributed by atoms with E-state index in [1.165, 1.54) is 0 Å². The van der Waals surface area contributed by atoms with E-state index >= 15 is 0 Å². The Balaban J connectivity index is 0.000000694. The molecule has 0 aliphatic carbocycles. The molecular weight excluding hydrogens is 369 g/mol. The first-order valence-corrected chi connectivity index (χ1v) is 14.9. The van der Waals surface area contributed by atoms with Crippen molar-refractivity contribution in [1.82, 2.24) is 9.80 Å². The van der Waals surface area contributed by atoms with Crippen molar-refractivity contribution < 1.29 is 18.9 Å². The van der Waals surface area contributed by atoms with Gasteiger partial charge in [-0.3, -0.25) is 5.96 Å². The van der Waals surface area contributed by atoms with Crippen molar-refractivity contribution in [2.75, 3.05) is 41.3 Å². The molecule has 2 aromatic rings. The largest absolute Gasteiger partial charge is 1.00 e. The first kappa shape index (κ1) is 27.9. The summed E-state index contributed by atoms with van der Waals surface area (Å²) in [7, 11) is 6.96. The molecule has 2 rings (SSSR count). The molecule has 0 aliphatic heterocycles. The Morgan fingerprint density at radius 1 is 0.821 bits per heavy atom. The number of hydrogen-bond donors (Lipinski definition) is 0. The maximum Gasteiger partial charge on any atom is 1.00 e. The number of nitrogens with zero attached hydrogens (tertiary/aromatic N) is 2. The SMILES string of the molecule is CN(C)CCN(C)C.Cc1c(C)c(C)p(-[b-]2ccccc2[Si](C)(C)C)c1C.[Li+]. The molecule has 152 valence electrons. The summed E-state index contributed by atoms with van der Waals surface area (Å²) in [6, 6.07) is 7.54. The third-order valence-corrected chi connectivity index (χ3v) is 11.1. The van der Waals surface area contributed by atoms with Crippen LogP contribution in [0.15, 0.2) is 24.2 Å². The van der Waals surface area contributed by atoms with Crippen LogP contribution in [-0.2, 0) is 0 Å². The van der Waals surface area contributed by atoms with Gasteiger partial charge in [-0.25, -0.2) is 5.08 Å². The van der Waals surface area contributed by atoms with Crippen LogP contribution in [0.2, 0.25) is 19.6 Å². The van der Waals surface area contributed by atoms with Gasteiger partial charge in [0.2, 0.25) is 0 Å². The van der Waals surface area contributed by atoms with E-state index in [0.717, 1.165) is 13.1 Å². The minimum absolute atomic E-state index is 0. The molecule has 0 amide bonds. The molecule has 0 aromatic carbocycles. The van der Waals surface area contributed by atoms with Gasteiger partial charge in [-0.05, 0) is 67.0 Å². The van der Waals surface area contributed by atoms with Gasteiger partial charge in [0.1, 0.15) is 0 Å². The summed E-state index contributed by atoms with van der Waals surface area (Å²) in [5.74, 6) is 2.46. The fourth-order valence-electron chi connectivity index (χ4n) is 3.42. The third kappa shape index (κ3) is 7.64. The molecule has 0 saturated carbocycles. The van der Waals surface area contributed by atoms with E-state index in [0.29, 0.717) is 6.06 Å². The summed E-state index contributed by atoms with van der Waals surface area (Å²) in [6.07, 6.45) is 0. The quantitative estimate of drug-likeness (QED) is 0.695. The van der Waals surface area contributed by atoms with Crippen molar-refractivity contribution in [3.05, 3.63) is 45.9 Å². The van der Waals surface area contributed by atoms with Crippen LogP contribution in [0.4, 0.5) is 0 Å². The standard InChI is InChI=1S/C16H25BPSi.C6H16N2.Li/c1-12-13(2)15(4)18(14(12)3)17-11-9-8-10-16(17)19(5,6)7;1-7(2)5-6-8(3)4;/h8-11H,1-7H3;5-6H2,1-4H3;/q-1;;+1. The van der Waals surface area contributed by atoms with Crippen LogP contribution < -0.4 is 23.9 Å². The van der Waals surface area contributed by atoms with Crippen LogP contribution in [0.25, 0.3) is 0 Å². The molecule has 0 aliphatic rings. The van der Waals surface area contributed by atoms with Crippen molar-refractivity contribution in [1.29, 1.82) is 0 Å². The second-order valence-electron chi connectivity index (χ2n) is 9.29. The second kappa shape index (κ2) is 11.9. The summed E-state index contributed by atoms with van der Waals surface area (Å²) in [5.41, 5.74) is 3.09. The Kier molecular flexibility index (Phi) is 11.9. The zero-order chi connectivity index (χ0) is 20.9. The monoisotopic (exact) mass is 410 g/mol. The van der Waals surface area contributed by atoms with Crippen molar-refractivity contribution in [2.45, 2.75) is 47.3 Å². The van der Waals surface area contributed by atoms with E-state index in [1.807, 2.05) is 0 Å². The van der Waals surface area contributed by atoms with E-state index in [9.17, 15) is 0 Å². The van der Waals surface area contributed by atoms with Crippen LogP contribution in [0, 0.1) is 27.7 Å². The van der Waals surface area contributed by atoms with Gasteiger partial charge in [-0.2, -0.15) is 0 Å². The smallest absolute Gasteiger partial charge is 0.308 e. The summed E-state index contributed by atoms with van der Waals surface area (Å²) in [6.45, 7) is 19.0. The molecule has 0 fully saturated rings. The van der Waals surface area contributed by atoms with Gasteiger partial charge in [0.25, 0.3) is 0 Å². The Hall–Kier alpha value is -0.0708. The Bertz CT molecular complexity index is 718. The summed E-state index contributed by atoms with van der Waals surface area (Å²) >= 11 is 0. The van der Waals surface area contributed by atoms with Crippen molar-refractivity contribution >= 4 is 26.6 Å². The minimum Gasteiger partial charge on any atom is -0.308 e. The van der Waals surface area contributed by atoms with Gasteiger partial charge < -0.3 is 17.2 Å². The van der Waals surface area contributed by atoms with E-state index in [1.54, 1.807) is 26.8 Å². The average Bonchev–Trinajstić information content (AvgIpc) is 2.76. The molecular formula is C22H41BLiN2PSi. The van der Waals surface area contributed by atoms with Crippen LogP contribution in [0.1, 0.15) is 21.7 Å². The zero-order valence-corrected chi connectivity index (χ0v) is 22.5. The van der Waals surface area contributed by atoms with Gasteiger partial charge >= 0.3 is 18.9 Å². The fraction of sp³-hybridized carbons (Fsp3) is 0.591. The topological polar surface area (TPSA) is 6.48 Å². The first-order chi connectivity index (χ1) is 12.4. The van der Waals surface area contributed by atoms with E-state index in [2.05, 4.69) is 109 Å². The molecule has 0 spiro atoms. The van der Waals surface area contributed by atoms with Crippen LogP contribution in [0.3, 0.4) is 0 Å². The molecule has 28 heavy (non-hydrogen) atoms. The van der Waals surface area contributed by atoms with E-state index in [-0.39, 0.29) is 26.3 Å². The van der Waals surface area contributed by atoms with Gasteiger partial charge in [0.15, 0.2) is 0 Å². The van der Waals surface area contributed by atoms with Crippen molar-refractivity contribution in [2.24, 2.45) is 0 Å². The van der Waals surface area contributed by atoms with Crippen LogP contribution in [0.5, 0.6) is 0 Å². The Morgan fingerprint density at radius 2 is 1.25 bits per heavy atom.